The number of carbonyl (C=O) groups is 2. The Morgan fingerprint density at radius 3 is 2.62 bits per heavy atom. The number of morpholine rings is 1. The highest BCUT2D eigenvalue weighted by Gasteiger charge is 2.51. The summed E-state index contributed by atoms with van der Waals surface area (Å²) in [6, 6.07) is 2.66. The van der Waals surface area contributed by atoms with Crippen LogP contribution < -0.4 is 14.8 Å². The van der Waals surface area contributed by atoms with Crippen molar-refractivity contribution in [2.45, 2.75) is 69.3 Å². The van der Waals surface area contributed by atoms with Gasteiger partial charge < -0.3 is 39.7 Å². The molecule has 4 N–H and O–H groups in total. The van der Waals surface area contributed by atoms with Crippen molar-refractivity contribution < 1.29 is 39.1 Å². The molecule has 2 aliphatic carbocycles. The van der Waals surface area contributed by atoms with Crippen LogP contribution in [0, 0.1) is 5.92 Å². The normalized spacial score (nSPS) is 25.8. The Balaban J connectivity index is 1.48. The molecule has 1 saturated heterocycles. The largest absolute Gasteiger partial charge is 0.493 e. The molecular formula is C31H45N3O8. The van der Waals surface area contributed by atoms with Crippen LogP contribution in [0.15, 0.2) is 23.8 Å². The third kappa shape index (κ3) is 6.60. The summed E-state index contributed by atoms with van der Waals surface area (Å²) in [5.41, 5.74) is 1.59. The summed E-state index contributed by atoms with van der Waals surface area (Å²) in [7, 11) is 1.50. The van der Waals surface area contributed by atoms with E-state index in [1.54, 1.807) is 23.1 Å². The van der Waals surface area contributed by atoms with Gasteiger partial charge in [-0.3, -0.25) is 14.5 Å². The average molecular weight is 588 g/mol. The predicted octanol–water partition coefficient (Wildman–Crippen LogP) is 0.941. The summed E-state index contributed by atoms with van der Waals surface area (Å²) in [5, 5.41) is 33.9. The maximum atomic E-state index is 13.9. The predicted molar refractivity (Wildman–Crippen MR) is 154 cm³/mol. The molecule has 2 heterocycles. The number of nitrogens with one attached hydrogen (secondary N) is 1. The molecule has 4 atom stereocenters. The van der Waals surface area contributed by atoms with Gasteiger partial charge in [-0.25, -0.2) is 0 Å². The molecule has 11 nitrogen and oxygen atoms in total. The molecule has 0 spiro atoms. The first-order valence-corrected chi connectivity index (χ1v) is 15.3. The topological polar surface area (TPSA) is 141 Å². The second kappa shape index (κ2) is 14.2. The van der Waals surface area contributed by atoms with Gasteiger partial charge in [-0.1, -0.05) is 25.7 Å². The van der Waals surface area contributed by atoms with Crippen molar-refractivity contribution in [3.05, 3.63) is 34.9 Å². The first-order chi connectivity index (χ1) is 20.4. The maximum absolute atomic E-state index is 13.9. The van der Waals surface area contributed by atoms with Crippen LogP contribution >= 0.6 is 0 Å². The number of hydrogen-bond acceptors (Lipinski definition) is 9. The molecule has 11 heteroatoms. The molecular weight excluding hydrogens is 542 g/mol. The summed E-state index contributed by atoms with van der Waals surface area (Å²) in [6.07, 6.45) is 5.67. The second-order valence-corrected chi connectivity index (χ2v) is 11.7. The van der Waals surface area contributed by atoms with Gasteiger partial charge in [0.05, 0.1) is 45.5 Å². The van der Waals surface area contributed by atoms with E-state index in [4.69, 9.17) is 14.2 Å². The van der Waals surface area contributed by atoms with Gasteiger partial charge in [0.25, 0.3) is 0 Å². The summed E-state index contributed by atoms with van der Waals surface area (Å²) >= 11 is 0. The number of nitrogens with zero attached hydrogens (tertiary/aromatic N) is 2. The Labute approximate surface area is 247 Å². The number of rotatable bonds is 12. The molecule has 0 radical (unpaired) electrons. The number of carbonyl (C=O) groups excluding carboxylic acids is 2. The minimum absolute atomic E-state index is 0.0420. The molecule has 1 saturated carbocycles. The SMILES string of the molecule is COc1cc(CO)cc2c1OC1C2C(C(=O)NCCO)=CC(N(CCN2CCOCC2)C(=O)CCC2CCCC2)C1O. The number of aliphatic hydroxyl groups is 3. The number of methoxy groups -OCH3 is 1. The van der Waals surface area contributed by atoms with E-state index in [9.17, 15) is 24.9 Å². The standard InChI is InChI=1S/C31H45N3O8/c1-40-25-17-21(19-36)16-22-27-23(31(39)32-8-13-35)18-24(28(38)30(27)42-29(22)25)34(10-9-33-11-14-41-15-12-33)26(37)7-6-20-4-2-3-5-20/h16-18,20,24,27-28,30,35-36,38H,2-15,19H2,1H3,(H,32,39). The van der Waals surface area contributed by atoms with E-state index in [0.717, 1.165) is 32.4 Å². The summed E-state index contributed by atoms with van der Waals surface area (Å²) in [4.78, 5) is 31.4. The highest BCUT2D eigenvalue weighted by molar-refractivity contribution is 5.96. The summed E-state index contributed by atoms with van der Waals surface area (Å²) in [5.74, 6) is 0.290. The highest BCUT2D eigenvalue weighted by Crippen LogP contribution is 2.51. The van der Waals surface area contributed by atoms with E-state index in [2.05, 4.69) is 10.2 Å². The molecule has 2 amide bonds. The molecule has 0 aromatic heterocycles. The Hall–Kier alpha value is -2.70. The number of ether oxygens (including phenoxy) is 3. The molecule has 4 unspecified atom stereocenters. The van der Waals surface area contributed by atoms with Crippen molar-refractivity contribution in [2.75, 3.05) is 59.7 Å². The second-order valence-electron chi connectivity index (χ2n) is 11.7. The quantitative estimate of drug-likeness (QED) is 0.281. The lowest BCUT2D eigenvalue weighted by molar-refractivity contribution is -0.138. The van der Waals surface area contributed by atoms with Crippen LogP contribution in [0.4, 0.5) is 0 Å². The van der Waals surface area contributed by atoms with Gasteiger partial charge in [-0.2, -0.15) is 0 Å². The van der Waals surface area contributed by atoms with Crippen LogP contribution in [0.25, 0.3) is 0 Å². The fourth-order valence-corrected chi connectivity index (χ4v) is 6.90. The minimum atomic E-state index is -1.11. The van der Waals surface area contributed by atoms with E-state index in [1.807, 2.05) is 0 Å². The van der Waals surface area contributed by atoms with E-state index in [0.29, 0.717) is 66.8 Å². The fraction of sp³-hybridized carbons (Fsp3) is 0.677. The van der Waals surface area contributed by atoms with Crippen LogP contribution in [-0.2, 0) is 20.9 Å². The van der Waals surface area contributed by atoms with Crippen LogP contribution in [0.2, 0.25) is 0 Å². The van der Waals surface area contributed by atoms with E-state index >= 15 is 0 Å². The van der Waals surface area contributed by atoms with Crippen molar-refractivity contribution in [1.82, 2.24) is 15.1 Å². The average Bonchev–Trinajstić information content (AvgIpc) is 3.68. The molecule has 5 rings (SSSR count). The summed E-state index contributed by atoms with van der Waals surface area (Å²) in [6.45, 7) is 3.48. The first kappa shape index (κ1) is 30.7. The maximum Gasteiger partial charge on any atom is 0.247 e. The Kier molecular flexibility index (Phi) is 10.4. The van der Waals surface area contributed by atoms with Crippen molar-refractivity contribution >= 4 is 11.8 Å². The van der Waals surface area contributed by atoms with Gasteiger partial charge in [0.1, 0.15) is 12.2 Å². The van der Waals surface area contributed by atoms with E-state index < -0.39 is 30.1 Å². The molecule has 1 aromatic rings. The zero-order valence-corrected chi connectivity index (χ0v) is 24.5. The number of fused-ring (bicyclic) bond motifs is 3. The lowest BCUT2D eigenvalue weighted by atomic mass is 9.77. The van der Waals surface area contributed by atoms with Crippen LogP contribution in [0.1, 0.15) is 55.6 Å². The molecule has 2 fully saturated rings. The lowest BCUT2D eigenvalue weighted by Gasteiger charge is -2.41. The Morgan fingerprint density at radius 2 is 1.93 bits per heavy atom. The zero-order valence-electron chi connectivity index (χ0n) is 24.5. The van der Waals surface area contributed by atoms with Gasteiger partial charge in [0, 0.05) is 50.3 Å². The van der Waals surface area contributed by atoms with Crippen LogP contribution in [-0.4, -0.2) is 115 Å². The van der Waals surface area contributed by atoms with Crippen molar-refractivity contribution in [1.29, 1.82) is 0 Å². The van der Waals surface area contributed by atoms with Crippen LogP contribution in [0.3, 0.4) is 0 Å². The van der Waals surface area contributed by atoms with E-state index in [-0.39, 0.29) is 25.7 Å². The molecule has 232 valence electrons. The molecule has 42 heavy (non-hydrogen) atoms. The van der Waals surface area contributed by atoms with E-state index in [1.165, 1.54) is 20.0 Å². The molecule has 1 aromatic carbocycles. The molecule has 0 bridgehead atoms. The smallest absolute Gasteiger partial charge is 0.247 e. The van der Waals surface area contributed by atoms with Gasteiger partial charge >= 0.3 is 0 Å². The van der Waals surface area contributed by atoms with Crippen LogP contribution in [0.5, 0.6) is 11.5 Å². The number of amides is 2. The molecule has 4 aliphatic rings. The first-order valence-electron chi connectivity index (χ1n) is 15.3. The zero-order chi connectivity index (χ0) is 29.6. The summed E-state index contributed by atoms with van der Waals surface area (Å²) < 4.78 is 17.4. The number of aliphatic hydroxyl groups excluding tert-OH is 3. The number of hydrogen-bond donors (Lipinski definition) is 4. The molecule has 2 aliphatic heterocycles. The monoisotopic (exact) mass is 587 g/mol. The Morgan fingerprint density at radius 1 is 1.17 bits per heavy atom. The van der Waals surface area contributed by atoms with Crippen molar-refractivity contribution in [3.63, 3.8) is 0 Å². The highest BCUT2D eigenvalue weighted by atomic mass is 16.5. The third-order valence-electron chi connectivity index (χ3n) is 9.18. The minimum Gasteiger partial charge on any atom is -0.493 e. The Bertz CT molecular complexity index is 1130. The van der Waals surface area contributed by atoms with Crippen molar-refractivity contribution in [2.24, 2.45) is 5.92 Å². The third-order valence-corrected chi connectivity index (χ3v) is 9.18. The fourth-order valence-electron chi connectivity index (χ4n) is 6.90. The van der Waals surface area contributed by atoms with Gasteiger partial charge in [-0.05, 0) is 36.1 Å². The number of benzene rings is 1. The van der Waals surface area contributed by atoms with Gasteiger partial charge in [-0.15, -0.1) is 0 Å². The van der Waals surface area contributed by atoms with Gasteiger partial charge in [0.2, 0.25) is 11.8 Å². The van der Waals surface area contributed by atoms with Gasteiger partial charge in [0.15, 0.2) is 11.5 Å². The lowest BCUT2D eigenvalue weighted by Crippen LogP contribution is -2.57. The van der Waals surface area contributed by atoms with Crippen molar-refractivity contribution in [3.8, 4) is 11.5 Å².